The molecule has 0 amide bonds. The Morgan fingerprint density at radius 2 is 0.869 bits per heavy atom. The van der Waals surface area contributed by atoms with Crippen molar-refractivity contribution in [2.45, 2.75) is 206 Å². The van der Waals surface area contributed by atoms with E-state index < -0.39 is 18.1 Å². The van der Waals surface area contributed by atoms with E-state index in [9.17, 15) is 19.5 Å². The van der Waals surface area contributed by atoms with E-state index in [1.807, 2.05) is 0 Å². The van der Waals surface area contributed by atoms with Gasteiger partial charge in [0.2, 0.25) is 0 Å². The number of hydrogen-bond acceptors (Lipinski definition) is 7. The molecule has 0 heterocycles. The van der Waals surface area contributed by atoms with Gasteiger partial charge >= 0.3 is 11.9 Å². The van der Waals surface area contributed by atoms with Crippen LogP contribution in [0.15, 0.2) is 72.9 Å². The summed E-state index contributed by atoms with van der Waals surface area (Å²) in [7, 11) is 5.39. The minimum absolute atomic E-state index is 0.0205. The van der Waals surface area contributed by atoms with Crippen LogP contribution in [0.3, 0.4) is 0 Å². The minimum Gasteiger partial charge on any atom is -0.544 e. The summed E-state index contributed by atoms with van der Waals surface area (Å²) < 4.78 is 17.2. The van der Waals surface area contributed by atoms with Crippen molar-refractivity contribution >= 4 is 17.9 Å². The van der Waals surface area contributed by atoms with Crippen LogP contribution in [-0.4, -0.2) is 75.5 Å². The van der Waals surface area contributed by atoms with Crippen molar-refractivity contribution < 1.29 is 38.2 Å². The average molecular weight is 854 g/mol. The zero-order valence-electron chi connectivity index (χ0n) is 39.8. The highest BCUT2D eigenvalue weighted by Gasteiger charge is 2.25. The lowest BCUT2D eigenvalue weighted by atomic mass is 10.1. The van der Waals surface area contributed by atoms with E-state index in [4.69, 9.17) is 14.2 Å². The van der Waals surface area contributed by atoms with E-state index >= 15 is 0 Å². The number of unbranched alkanes of at least 4 members (excludes halogenated alkanes) is 17. The molecule has 2 atom stereocenters. The number of carbonyl (C=O) groups excluding carboxylic acids is 3. The van der Waals surface area contributed by atoms with Crippen molar-refractivity contribution in [3.8, 4) is 0 Å². The predicted octanol–water partition coefficient (Wildman–Crippen LogP) is 12.6. The summed E-state index contributed by atoms with van der Waals surface area (Å²) in [5.41, 5.74) is 0. The summed E-state index contributed by atoms with van der Waals surface area (Å²) in [6, 6.07) is -0.737. The second-order valence-corrected chi connectivity index (χ2v) is 17.3. The average Bonchev–Trinajstić information content (AvgIpc) is 3.22. The SMILES string of the molecule is CCCCC/C=C/C/C=C/C/C=C/C/C=C/C/C=C/CCCCC(=O)OCC(COCCC(C(=O)[O-])[N+](C)(C)C)OC(=O)CCCCCCC/C=C/CCCCCCCCC. The minimum atomic E-state index is -1.13. The van der Waals surface area contributed by atoms with Gasteiger partial charge in [0.15, 0.2) is 6.10 Å². The molecule has 0 aliphatic rings. The van der Waals surface area contributed by atoms with Crippen molar-refractivity contribution in [2.24, 2.45) is 0 Å². The fourth-order valence-corrected chi connectivity index (χ4v) is 6.73. The highest BCUT2D eigenvalue weighted by molar-refractivity contribution is 5.70. The number of esters is 2. The van der Waals surface area contributed by atoms with Crippen LogP contribution < -0.4 is 5.11 Å². The maximum Gasteiger partial charge on any atom is 0.306 e. The van der Waals surface area contributed by atoms with Crippen LogP contribution >= 0.6 is 0 Å². The molecule has 0 saturated carbocycles. The van der Waals surface area contributed by atoms with Gasteiger partial charge in [-0.2, -0.15) is 0 Å². The van der Waals surface area contributed by atoms with Gasteiger partial charge in [0, 0.05) is 19.3 Å². The number of hydrogen-bond donors (Lipinski definition) is 0. The van der Waals surface area contributed by atoms with Crippen molar-refractivity contribution in [1.29, 1.82) is 0 Å². The number of carboxylic acid groups (broad SMARTS) is 1. The maximum absolute atomic E-state index is 12.7. The Morgan fingerprint density at radius 3 is 1.36 bits per heavy atom. The highest BCUT2D eigenvalue weighted by atomic mass is 16.6. The second kappa shape index (κ2) is 43.4. The van der Waals surface area contributed by atoms with Gasteiger partial charge in [-0.15, -0.1) is 0 Å². The Balaban J connectivity index is 4.39. The van der Waals surface area contributed by atoms with Gasteiger partial charge in [-0.05, 0) is 89.9 Å². The van der Waals surface area contributed by atoms with Crippen LogP contribution in [-0.2, 0) is 28.6 Å². The van der Waals surface area contributed by atoms with Gasteiger partial charge in [0.25, 0.3) is 0 Å². The lowest BCUT2D eigenvalue weighted by molar-refractivity contribution is -0.889. The molecule has 0 N–H and O–H groups in total. The van der Waals surface area contributed by atoms with Crippen molar-refractivity contribution in [3.63, 3.8) is 0 Å². The molecule has 0 aromatic rings. The normalized spacial score (nSPS) is 13.5. The maximum atomic E-state index is 12.7. The Labute approximate surface area is 374 Å². The summed E-state index contributed by atoms with van der Waals surface area (Å²) in [6.07, 6.45) is 55.0. The first-order valence-electron chi connectivity index (χ1n) is 24.5. The molecule has 0 bridgehead atoms. The number of quaternary nitrogens is 1. The molecule has 0 aromatic carbocycles. The molecule has 0 aliphatic carbocycles. The number of allylic oxidation sites excluding steroid dienone is 12. The zero-order chi connectivity index (χ0) is 44.9. The number of ether oxygens (including phenoxy) is 3. The van der Waals surface area contributed by atoms with Crippen molar-refractivity contribution in [1.82, 2.24) is 0 Å². The van der Waals surface area contributed by atoms with Crippen LogP contribution in [0.25, 0.3) is 0 Å². The first-order chi connectivity index (χ1) is 29.6. The largest absolute Gasteiger partial charge is 0.544 e. The number of rotatable bonds is 43. The predicted molar refractivity (Wildman–Crippen MR) is 254 cm³/mol. The summed E-state index contributed by atoms with van der Waals surface area (Å²) in [4.78, 5) is 36.9. The fraction of sp³-hybridized carbons (Fsp3) is 0.717. The monoisotopic (exact) mass is 854 g/mol. The molecule has 0 saturated heterocycles. The highest BCUT2D eigenvalue weighted by Crippen LogP contribution is 2.13. The number of carbonyl (C=O) groups is 3. The number of carboxylic acids is 1. The Kier molecular flexibility index (Phi) is 41.1. The van der Waals surface area contributed by atoms with Gasteiger partial charge in [-0.25, -0.2) is 0 Å². The molecule has 0 rings (SSSR count). The third-order valence-corrected chi connectivity index (χ3v) is 10.6. The first-order valence-corrected chi connectivity index (χ1v) is 24.5. The molecule has 0 radical (unpaired) electrons. The summed E-state index contributed by atoms with van der Waals surface area (Å²) in [5, 5.41) is 11.6. The van der Waals surface area contributed by atoms with Crippen LogP contribution in [0.1, 0.15) is 194 Å². The van der Waals surface area contributed by atoms with Crippen LogP contribution in [0.4, 0.5) is 0 Å². The summed E-state index contributed by atoms with van der Waals surface area (Å²) in [5.74, 6) is -1.80. The van der Waals surface area contributed by atoms with Crippen LogP contribution in [0.2, 0.25) is 0 Å². The molecule has 0 spiro atoms. The lowest BCUT2D eigenvalue weighted by Gasteiger charge is -2.34. The van der Waals surface area contributed by atoms with E-state index in [0.717, 1.165) is 70.6 Å². The van der Waals surface area contributed by atoms with Crippen molar-refractivity contribution in [2.75, 3.05) is 41.0 Å². The third-order valence-electron chi connectivity index (χ3n) is 10.6. The number of nitrogens with zero attached hydrogens (tertiary/aromatic N) is 1. The molecule has 350 valence electrons. The van der Waals surface area contributed by atoms with E-state index in [0.29, 0.717) is 12.8 Å². The molecular weight excluding hydrogens is 763 g/mol. The van der Waals surface area contributed by atoms with E-state index in [1.165, 1.54) is 83.5 Å². The smallest absolute Gasteiger partial charge is 0.306 e. The number of aliphatic carboxylic acids is 1. The van der Waals surface area contributed by atoms with Gasteiger partial charge < -0.3 is 28.6 Å². The quantitative estimate of drug-likeness (QED) is 0.0260. The van der Waals surface area contributed by atoms with E-state index in [2.05, 4.69) is 86.8 Å². The van der Waals surface area contributed by atoms with Gasteiger partial charge in [-0.3, -0.25) is 9.59 Å². The molecule has 8 heteroatoms. The standard InChI is InChI=1S/C53H91NO7/c1-6-8-10-12-14-16-18-20-22-24-25-26-27-28-30-31-33-35-37-39-41-43-51(55)60-48-49(47-59-46-45-50(53(57)58)54(3,4)5)61-52(56)44-42-40-38-36-34-32-29-23-21-19-17-15-13-11-9-7-2/h14,16,20,22-23,25-26,28-30,33,35,49-50H,6-13,15,17-19,21,24,27,31-32,34,36-48H2,1-5H3/b16-14+,22-20+,26-25+,29-23+,30-28+,35-33+. The Morgan fingerprint density at radius 1 is 0.492 bits per heavy atom. The molecule has 0 aliphatic heterocycles. The van der Waals surface area contributed by atoms with Gasteiger partial charge in [0.05, 0.1) is 40.3 Å². The number of likely N-dealkylation sites (N-methyl/N-ethyl adjacent to an activating group) is 1. The zero-order valence-corrected chi connectivity index (χ0v) is 39.8. The van der Waals surface area contributed by atoms with Crippen LogP contribution in [0.5, 0.6) is 0 Å². The third kappa shape index (κ3) is 41.9. The lowest BCUT2D eigenvalue weighted by Crippen LogP contribution is -2.55. The second-order valence-electron chi connectivity index (χ2n) is 17.3. The fourth-order valence-electron chi connectivity index (χ4n) is 6.73. The first kappa shape index (κ1) is 57.8. The Hall–Kier alpha value is -3.23. The Bertz CT molecular complexity index is 1230. The summed E-state index contributed by atoms with van der Waals surface area (Å²) in [6.45, 7) is 4.58. The van der Waals surface area contributed by atoms with Gasteiger partial charge in [0.1, 0.15) is 12.6 Å². The van der Waals surface area contributed by atoms with Crippen LogP contribution in [0, 0.1) is 0 Å². The molecule has 8 nitrogen and oxygen atoms in total. The van der Waals surface area contributed by atoms with E-state index in [-0.39, 0.29) is 49.1 Å². The van der Waals surface area contributed by atoms with Gasteiger partial charge in [-0.1, -0.05) is 157 Å². The molecule has 0 aromatic heterocycles. The topological polar surface area (TPSA) is 102 Å². The summed E-state index contributed by atoms with van der Waals surface area (Å²) >= 11 is 0. The molecule has 61 heavy (non-hydrogen) atoms. The van der Waals surface area contributed by atoms with Crippen molar-refractivity contribution in [3.05, 3.63) is 72.9 Å². The van der Waals surface area contributed by atoms with E-state index in [1.54, 1.807) is 21.1 Å². The molecular formula is C53H91NO7. The molecule has 0 fully saturated rings. The molecule has 2 unspecified atom stereocenters.